The maximum Gasteiger partial charge on any atom is 0.243 e. The van der Waals surface area contributed by atoms with Gasteiger partial charge in [0, 0.05) is 5.69 Å². The molecule has 1 aromatic rings. The quantitative estimate of drug-likeness (QED) is 0.701. The number of para-hydroxylation sites is 1. The number of benzene rings is 1. The van der Waals surface area contributed by atoms with Crippen molar-refractivity contribution in [2.75, 3.05) is 18.4 Å². The van der Waals surface area contributed by atoms with Gasteiger partial charge in [-0.25, -0.2) is 0 Å². The van der Waals surface area contributed by atoms with Crippen LogP contribution >= 0.6 is 0 Å². The maximum absolute atomic E-state index is 11.6. The van der Waals surface area contributed by atoms with Crippen LogP contribution in [0, 0.1) is 0 Å². The summed E-state index contributed by atoms with van der Waals surface area (Å²) in [5.74, 6) is -0.266. The highest BCUT2D eigenvalue weighted by molar-refractivity contribution is 5.88. The molecule has 1 aliphatic rings. The van der Waals surface area contributed by atoms with Crippen LogP contribution in [-0.2, 0) is 4.79 Å². The van der Waals surface area contributed by atoms with Crippen LogP contribution in [0.5, 0.6) is 0 Å². The number of nitrogens with two attached hydrogens (primary N) is 1. The normalized spacial score (nSPS) is 19.0. The van der Waals surface area contributed by atoms with Crippen LogP contribution in [0.1, 0.15) is 12.8 Å². The molecule has 0 unspecified atom stereocenters. The van der Waals surface area contributed by atoms with Gasteiger partial charge in [-0.05, 0) is 38.1 Å². The molecule has 1 fully saturated rings. The molecule has 4 N–H and O–H groups in total. The van der Waals surface area contributed by atoms with E-state index in [1.165, 1.54) is 0 Å². The summed E-state index contributed by atoms with van der Waals surface area (Å²) in [5.41, 5.74) is 5.88. The van der Waals surface area contributed by atoms with Gasteiger partial charge in [-0.1, -0.05) is 18.2 Å². The van der Waals surface area contributed by atoms with Crippen LogP contribution in [0.15, 0.2) is 30.3 Å². The van der Waals surface area contributed by atoms with Crippen LogP contribution in [0.2, 0.25) is 0 Å². The number of carbonyl (C=O) groups excluding carboxylic acids is 1. The van der Waals surface area contributed by atoms with E-state index < -0.39 is 5.54 Å². The summed E-state index contributed by atoms with van der Waals surface area (Å²) in [4.78, 5) is 11.6. The monoisotopic (exact) mass is 219 g/mol. The van der Waals surface area contributed by atoms with E-state index in [0.717, 1.165) is 31.6 Å². The van der Waals surface area contributed by atoms with Crippen molar-refractivity contribution in [2.45, 2.75) is 18.4 Å². The van der Waals surface area contributed by atoms with Gasteiger partial charge in [0.2, 0.25) is 5.91 Å². The average molecular weight is 219 g/mol. The second kappa shape index (κ2) is 4.53. The van der Waals surface area contributed by atoms with E-state index in [1.807, 2.05) is 30.3 Å². The van der Waals surface area contributed by atoms with Crippen molar-refractivity contribution in [2.24, 2.45) is 5.73 Å². The zero-order valence-electron chi connectivity index (χ0n) is 9.20. The highest BCUT2D eigenvalue weighted by atomic mass is 16.1. The van der Waals surface area contributed by atoms with E-state index in [2.05, 4.69) is 10.6 Å². The van der Waals surface area contributed by atoms with Crippen LogP contribution < -0.4 is 16.4 Å². The van der Waals surface area contributed by atoms with Crippen molar-refractivity contribution in [1.29, 1.82) is 0 Å². The van der Waals surface area contributed by atoms with Gasteiger partial charge < -0.3 is 16.4 Å². The van der Waals surface area contributed by atoms with Crippen LogP contribution in [0.4, 0.5) is 5.69 Å². The molecule has 1 amide bonds. The molecule has 0 spiro atoms. The van der Waals surface area contributed by atoms with Crippen LogP contribution in [0.3, 0.4) is 0 Å². The van der Waals surface area contributed by atoms with E-state index in [-0.39, 0.29) is 5.91 Å². The molecule has 0 saturated carbocycles. The minimum atomic E-state index is -0.591. The summed E-state index contributed by atoms with van der Waals surface area (Å²) in [6.07, 6.45) is 1.47. The Balaban J connectivity index is 2.17. The summed E-state index contributed by atoms with van der Waals surface area (Å²) < 4.78 is 0. The zero-order valence-corrected chi connectivity index (χ0v) is 9.20. The lowest BCUT2D eigenvalue weighted by Gasteiger charge is -2.36. The number of amides is 1. The van der Waals surface area contributed by atoms with Gasteiger partial charge in [0.15, 0.2) is 0 Å². The van der Waals surface area contributed by atoms with Crippen molar-refractivity contribution in [3.8, 4) is 0 Å². The van der Waals surface area contributed by atoms with E-state index in [4.69, 9.17) is 5.73 Å². The third-order valence-electron chi connectivity index (χ3n) is 3.09. The van der Waals surface area contributed by atoms with Crippen molar-refractivity contribution in [3.63, 3.8) is 0 Å². The maximum atomic E-state index is 11.6. The molecule has 2 rings (SSSR count). The predicted molar refractivity (Wildman–Crippen MR) is 64.1 cm³/mol. The molecule has 1 aliphatic heterocycles. The van der Waals surface area contributed by atoms with E-state index in [9.17, 15) is 4.79 Å². The highest BCUT2D eigenvalue weighted by Crippen LogP contribution is 2.23. The first kappa shape index (κ1) is 11.0. The Morgan fingerprint density at radius 1 is 1.25 bits per heavy atom. The van der Waals surface area contributed by atoms with Crippen molar-refractivity contribution >= 4 is 11.6 Å². The molecule has 16 heavy (non-hydrogen) atoms. The molecular weight excluding hydrogens is 202 g/mol. The Morgan fingerprint density at radius 3 is 2.44 bits per heavy atom. The molecule has 1 heterocycles. The summed E-state index contributed by atoms with van der Waals surface area (Å²) in [6.45, 7) is 1.64. The molecule has 1 saturated heterocycles. The second-order valence-corrected chi connectivity index (χ2v) is 4.19. The minimum Gasteiger partial charge on any atom is -0.371 e. The van der Waals surface area contributed by atoms with Gasteiger partial charge in [-0.3, -0.25) is 4.79 Å². The van der Waals surface area contributed by atoms with E-state index in [0.29, 0.717) is 0 Å². The van der Waals surface area contributed by atoms with Crippen molar-refractivity contribution in [3.05, 3.63) is 30.3 Å². The van der Waals surface area contributed by atoms with Gasteiger partial charge in [0.05, 0.1) is 0 Å². The second-order valence-electron chi connectivity index (χ2n) is 4.19. The number of hydrogen-bond donors (Lipinski definition) is 3. The fraction of sp³-hybridized carbons (Fsp3) is 0.417. The largest absolute Gasteiger partial charge is 0.371 e. The SMILES string of the molecule is NC(=O)C1(Nc2ccccc2)CCNCC1. The molecule has 4 nitrogen and oxygen atoms in total. The molecular formula is C12H17N3O. The standard InChI is InChI=1S/C12H17N3O/c13-11(16)12(6-8-14-9-7-12)15-10-4-2-1-3-5-10/h1-5,14-15H,6-9H2,(H2,13,16). The van der Waals surface area contributed by atoms with Crippen LogP contribution in [0.25, 0.3) is 0 Å². The van der Waals surface area contributed by atoms with E-state index >= 15 is 0 Å². The van der Waals surface area contributed by atoms with Gasteiger partial charge in [0.25, 0.3) is 0 Å². The first-order valence-electron chi connectivity index (χ1n) is 5.57. The van der Waals surface area contributed by atoms with Crippen LogP contribution in [-0.4, -0.2) is 24.5 Å². The number of carbonyl (C=O) groups is 1. The van der Waals surface area contributed by atoms with Gasteiger partial charge in [0.1, 0.15) is 5.54 Å². The smallest absolute Gasteiger partial charge is 0.243 e. The zero-order chi connectivity index (χ0) is 11.4. The molecule has 0 aromatic heterocycles. The predicted octanol–water partition coefficient (Wildman–Crippen LogP) is 0.706. The van der Waals surface area contributed by atoms with E-state index in [1.54, 1.807) is 0 Å². The molecule has 1 aromatic carbocycles. The molecule has 4 heteroatoms. The summed E-state index contributed by atoms with van der Waals surface area (Å²) in [5, 5.41) is 6.51. The molecule has 0 atom stereocenters. The topological polar surface area (TPSA) is 67.2 Å². The first-order chi connectivity index (χ1) is 7.73. The van der Waals surface area contributed by atoms with Gasteiger partial charge in [-0.15, -0.1) is 0 Å². The van der Waals surface area contributed by atoms with Gasteiger partial charge >= 0.3 is 0 Å². The Morgan fingerprint density at radius 2 is 1.88 bits per heavy atom. The fourth-order valence-electron chi connectivity index (χ4n) is 2.08. The number of primary amides is 1. The Kier molecular flexibility index (Phi) is 3.10. The first-order valence-corrected chi connectivity index (χ1v) is 5.57. The van der Waals surface area contributed by atoms with Crippen molar-refractivity contribution in [1.82, 2.24) is 5.32 Å². The average Bonchev–Trinajstić information content (AvgIpc) is 2.31. The van der Waals surface area contributed by atoms with Crippen molar-refractivity contribution < 1.29 is 4.79 Å². The molecule has 0 bridgehead atoms. The highest BCUT2D eigenvalue weighted by Gasteiger charge is 2.37. The Bertz CT molecular complexity index is 358. The summed E-state index contributed by atoms with van der Waals surface area (Å²) >= 11 is 0. The molecule has 0 radical (unpaired) electrons. The number of rotatable bonds is 3. The number of nitrogens with one attached hydrogen (secondary N) is 2. The third kappa shape index (κ3) is 2.17. The number of anilines is 1. The minimum absolute atomic E-state index is 0.266. The molecule has 0 aliphatic carbocycles. The lowest BCUT2D eigenvalue weighted by Crippen LogP contribution is -2.56. The summed E-state index contributed by atoms with van der Waals surface area (Å²) in [6, 6.07) is 9.74. The Labute approximate surface area is 95.2 Å². The molecule has 86 valence electrons. The number of piperidine rings is 1. The third-order valence-corrected chi connectivity index (χ3v) is 3.09. The fourth-order valence-corrected chi connectivity index (χ4v) is 2.08. The lowest BCUT2D eigenvalue weighted by atomic mass is 9.87. The lowest BCUT2D eigenvalue weighted by molar-refractivity contribution is -0.123. The number of hydrogen-bond acceptors (Lipinski definition) is 3. The summed E-state index contributed by atoms with van der Waals surface area (Å²) in [7, 11) is 0. The van der Waals surface area contributed by atoms with Gasteiger partial charge in [-0.2, -0.15) is 0 Å². The Hall–Kier alpha value is -1.55.